The molecule has 0 bridgehead atoms. The largest absolute Gasteiger partial charge is 0.337 e. The maximum Gasteiger partial charge on any atom is 0.337 e. The zero-order valence-electron chi connectivity index (χ0n) is 14.4. The maximum atomic E-state index is 13.0. The van der Waals surface area contributed by atoms with Crippen molar-refractivity contribution in [3.63, 3.8) is 0 Å². The molecule has 0 aliphatic heterocycles. The van der Waals surface area contributed by atoms with Gasteiger partial charge in [-0.25, -0.2) is 14.3 Å². The van der Waals surface area contributed by atoms with Crippen molar-refractivity contribution in [1.82, 2.24) is 19.1 Å². The smallest absolute Gasteiger partial charge is 0.336 e. The van der Waals surface area contributed by atoms with Gasteiger partial charge in [-0.1, -0.05) is 38.0 Å². The topological polar surface area (TPSA) is 72.7 Å². The van der Waals surface area contributed by atoms with Crippen molar-refractivity contribution in [1.29, 1.82) is 0 Å². The molecule has 25 heavy (non-hydrogen) atoms. The van der Waals surface area contributed by atoms with Gasteiger partial charge in [0.15, 0.2) is 11.2 Å². The number of fused-ring (bicyclic) bond motifs is 1. The summed E-state index contributed by atoms with van der Waals surface area (Å²) in [6.45, 7) is 2.36. The SMILES string of the molecule is CCCn1c(=O)c2[nH]c(C3CCCC3)nc2n(-c2ccccc2)c1=O. The van der Waals surface area contributed by atoms with Crippen LogP contribution in [0.2, 0.25) is 0 Å². The van der Waals surface area contributed by atoms with E-state index in [0.717, 1.165) is 30.8 Å². The Morgan fingerprint density at radius 1 is 1.16 bits per heavy atom. The second kappa shape index (κ2) is 6.35. The number of imidazole rings is 1. The molecule has 0 saturated heterocycles. The minimum Gasteiger partial charge on any atom is -0.336 e. The average Bonchev–Trinajstić information content (AvgIpc) is 3.29. The average molecular weight is 338 g/mol. The molecule has 0 atom stereocenters. The van der Waals surface area contributed by atoms with E-state index in [1.807, 2.05) is 37.3 Å². The second-order valence-corrected chi connectivity index (χ2v) is 6.71. The first kappa shape index (κ1) is 15.9. The minimum atomic E-state index is -0.324. The monoisotopic (exact) mass is 338 g/mol. The summed E-state index contributed by atoms with van der Waals surface area (Å²) < 4.78 is 2.87. The first-order valence-electron chi connectivity index (χ1n) is 9.01. The normalized spacial score (nSPS) is 15.2. The van der Waals surface area contributed by atoms with Gasteiger partial charge in [0.1, 0.15) is 5.82 Å². The van der Waals surface area contributed by atoms with E-state index in [4.69, 9.17) is 0 Å². The number of para-hydroxylation sites is 1. The highest BCUT2D eigenvalue weighted by molar-refractivity contribution is 5.72. The third kappa shape index (κ3) is 2.62. The van der Waals surface area contributed by atoms with Gasteiger partial charge in [0.05, 0.1) is 5.69 Å². The van der Waals surface area contributed by atoms with Gasteiger partial charge >= 0.3 is 5.69 Å². The van der Waals surface area contributed by atoms with E-state index in [1.54, 1.807) is 4.57 Å². The summed E-state index contributed by atoms with van der Waals surface area (Å²) in [6.07, 6.45) is 5.26. The molecule has 4 rings (SSSR count). The van der Waals surface area contributed by atoms with E-state index in [-0.39, 0.29) is 11.2 Å². The van der Waals surface area contributed by atoms with E-state index >= 15 is 0 Å². The number of rotatable bonds is 4. The van der Waals surface area contributed by atoms with E-state index in [2.05, 4.69) is 9.97 Å². The molecule has 1 fully saturated rings. The fourth-order valence-corrected chi connectivity index (χ4v) is 3.75. The Morgan fingerprint density at radius 3 is 2.56 bits per heavy atom. The zero-order valence-corrected chi connectivity index (χ0v) is 14.4. The highest BCUT2D eigenvalue weighted by atomic mass is 16.2. The number of nitrogens with one attached hydrogen (secondary N) is 1. The molecular weight excluding hydrogens is 316 g/mol. The van der Waals surface area contributed by atoms with Crippen molar-refractivity contribution in [2.24, 2.45) is 0 Å². The van der Waals surface area contributed by atoms with Crippen LogP contribution in [0.3, 0.4) is 0 Å². The van der Waals surface area contributed by atoms with Gasteiger partial charge < -0.3 is 4.98 Å². The van der Waals surface area contributed by atoms with Crippen molar-refractivity contribution in [2.75, 3.05) is 0 Å². The predicted molar refractivity (Wildman–Crippen MR) is 97.5 cm³/mol. The van der Waals surface area contributed by atoms with E-state index in [9.17, 15) is 9.59 Å². The van der Waals surface area contributed by atoms with Gasteiger partial charge in [-0.05, 0) is 31.4 Å². The van der Waals surface area contributed by atoms with Crippen LogP contribution in [0.1, 0.15) is 50.8 Å². The molecule has 1 aliphatic carbocycles. The Labute approximate surface area is 145 Å². The standard InChI is InChI=1S/C19H22N4O2/c1-2-12-22-18(24)15-17(21-16(20-15)13-8-6-7-9-13)23(19(22)25)14-10-4-3-5-11-14/h3-5,10-11,13H,2,6-9,12H2,1H3,(H,20,21). The van der Waals surface area contributed by atoms with Gasteiger partial charge in [-0.15, -0.1) is 0 Å². The van der Waals surface area contributed by atoms with Crippen LogP contribution in [0.15, 0.2) is 39.9 Å². The molecule has 6 heteroatoms. The van der Waals surface area contributed by atoms with E-state index in [1.165, 1.54) is 17.4 Å². The molecule has 6 nitrogen and oxygen atoms in total. The van der Waals surface area contributed by atoms with Crippen LogP contribution in [0.5, 0.6) is 0 Å². The lowest BCUT2D eigenvalue weighted by atomic mass is 10.1. The van der Waals surface area contributed by atoms with Crippen molar-refractivity contribution < 1.29 is 0 Å². The van der Waals surface area contributed by atoms with E-state index in [0.29, 0.717) is 23.6 Å². The Morgan fingerprint density at radius 2 is 1.88 bits per heavy atom. The molecule has 1 aliphatic rings. The Balaban J connectivity index is 2.03. The Hall–Kier alpha value is -2.63. The number of benzene rings is 1. The molecule has 2 aromatic heterocycles. The molecular formula is C19H22N4O2. The summed E-state index contributed by atoms with van der Waals surface area (Å²) in [4.78, 5) is 33.8. The summed E-state index contributed by atoms with van der Waals surface area (Å²) in [5.74, 6) is 1.19. The van der Waals surface area contributed by atoms with Crippen molar-refractivity contribution in [2.45, 2.75) is 51.5 Å². The maximum absolute atomic E-state index is 13.0. The van der Waals surface area contributed by atoms with Crippen LogP contribution in [-0.2, 0) is 6.54 Å². The lowest BCUT2D eigenvalue weighted by Crippen LogP contribution is -2.39. The summed E-state index contributed by atoms with van der Waals surface area (Å²) in [6, 6.07) is 9.40. The predicted octanol–water partition coefficient (Wildman–Crippen LogP) is 2.94. The van der Waals surface area contributed by atoms with Crippen molar-refractivity contribution in [3.8, 4) is 5.69 Å². The number of nitrogens with zero attached hydrogens (tertiary/aromatic N) is 3. The van der Waals surface area contributed by atoms with E-state index < -0.39 is 0 Å². The molecule has 1 N–H and O–H groups in total. The lowest BCUT2D eigenvalue weighted by Gasteiger charge is -2.10. The Kier molecular flexibility index (Phi) is 4.03. The lowest BCUT2D eigenvalue weighted by molar-refractivity contribution is 0.607. The van der Waals surface area contributed by atoms with Gasteiger partial charge in [-0.2, -0.15) is 0 Å². The van der Waals surface area contributed by atoms with Crippen LogP contribution in [0.4, 0.5) is 0 Å². The van der Waals surface area contributed by atoms with Gasteiger partial charge in [0, 0.05) is 12.5 Å². The molecule has 1 aromatic carbocycles. The summed E-state index contributed by atoms with van der Waals surface area (Å²) in [7, 11) is 0. The van der Waals surface area contributed by atoms with Crippen LogP contribution < -0.4 is 11.2 Å². The molecule has 2 heterocycles. The van der Waals surface area contributed by atoms with Crippen LogP contribution in [0.25, 0.3) is 16.9 Å². The summed E-state index contributed by atoms with van der Waals surface area (Å²) in [5, 5.41) is 0. The Bertz CT molecular complexity index is 1010. The zero-order chi connectivity index (χ0) is 17.4. The summed E-state index contributed by atoms with van der Waals surface area (Å²) in [5.41, 5.74) is 1.00. The van der Waals surface area contributed by atoms with Gasteiger partial charge in [0.2, 0.25) is 0 Å². The van der Waals surface area contributed by atoms with Crippen molar-refractivity contribution in [3.05, 3.63) is 57.0 Å². The first-order chi connectivity index (χ1) is 12.2. The van der Waals surface area contributed by atoms with Crippen LogP contribution >= 0.6 is 0 Å². The molecule has 0 radical (unpaired) electrons. The fraction of sp³-hybridized carbons (Fsp3) is 0.421. The quantitative estimate of drug-likeness (QED) is 0.795. The van der Waals surface area contributed by atoms with Crippen LogP contribution in [-0.4, -0.2) is 19.1 Å². The van der Waals surface area contributed by atoms with Crippen molar-refractivity contribution >= 4 is 11.2 Å². The fourth-order valence-electron chi connectivity index (χ4n) is 3.75. The molecule has 0 amide bonds. The first-order valence-corrected chi connectivity index (χ1v) is 9.01. The minimum absolute atomic E-state index is 0.272. The highest BCUT2D eigenvalue weighted by Crippen LogP contribution is 2.33. The molecule has 130 valence electrons. The molecule has 0 unspecified atom stereocenters. The second-order valence-electron chi connectivity index (χ2n) is 6.71. The third-order valence-electron chi connectivity index (χ3n) is 5.00. The number of H-pyrrole nitrogens is 1. The number of aromatic amines is 1. The number of hydrogen-bond donors (Lipinski definition) is 1. The summed E-state index contributed by atoms with van der Waals surface area (Å²) >= 11 is 0. The third-order valence-corrected chi connectivity index (χ3v) is 5.00. The van der Waals surface area contributed by atoms with Gasteiger partial charge in [-0.3, -0.25) is 9.36 Å². The van der Waals surface area contributed by atoms with Gasteiger partial charge in [0.25, 0.3) is 5.56 Å². The number of hydrogen-bond acceptors (Lipinski definition) is 3. The molecule has 3 aromatic rings. The molecule has 0 spiro atoms. The highest BCUT2D eigenvalue weighted by Gasteiger charge is 2.24. The number of aromatic nitrogens is 4. The molecule has 1 saturated carbocycles. The van der Waals surface area contributed by atoms with Crippen LogP contribution in [0, 0.1) is 0 Å².